The number of aromatic amines is 1. The summed E-state index contributed by atoms with van der Waals surface area (Å²) in [6, 6.07) is 17.4. The summed E-state index contributed by atoms with van der Waals surface area (Å²) in [7, 11) is 0. The van der Waals surface area contributed by atoms with Crippen LogP contribution >= 0.6 is 0 Å². The number of aliphatic carboxylic acids is 1. The lowest BCUT2D eigenvalue weighted by Crippen LogP contribution is -2.43. The molecule has 0 bridgehead atoms. The Bertz CT molecular complexity index is 1180. The molecule has 4 N–H and O–H groups in total. The van der Waals surface area contributed by atoms with Crippen LogP contribution in [0.3, 0.4) is 0 Å². The van der Waals surface area contributed by atoms with E-state index in [1.54, 1.807) is 0 Å². The molecule has 0 unspecified atom stereocenters. The molecule has 1 saturated carbocycles. The lowest BCUT2D eigenvalue weighted by Gasteiger charge is -2.14. The summed E-state index contributed by atoms with van der Waals surface area (Å²) in [4.78, 5) is 35.8. The van der Waals surface area contributed by atoms with Crippen molar-refractivity contribution in [3.05, 3.63) is 71.4 Å². The van der Waals surface area contributed by atoms with Gasteiger partial charge in [0, 0.05) is 12.0 Å². The van der Waals surface area contributed by atoms with E-state index in [-0.39, 0.29) is 24.0 Å². The Labute approximate surface area is 182 Å². The van der Waals surface area contributed by atoms with E-state index in [9.17, 15) is 19.5 Å². The third-order valence-electron chi connectivity index (χ3n) is 5.91. The standard InChI is InChI=1S/C23H20N4O5/c28-20(25-23(9-10-23)21(29)30)18-11-19(27-26-18)24-22(31)32-12-17-15-7-3-1-5-13(15)14-6-2-4-8-16(14)17/h1-8,11,17H,9-10,12H2,(H,25,28)(H,29,30)(H2,24,26,27,31). The Morgan fingerprint density at radius 3 is 2.28 bits per heavy atom. The molecule has 9 heteroatoms. The van der Waals surface area contributed by atoms with Gasteiger partial charge in [-0.05, 0) is 35.1 Å². The molecule has 0 spiro atoms. The first-order chi connectivity index (χ1) is 15.5. The van der Waals surface area contributed by atoms with Crippen LogP contribution in [-0.2, 0) is 9.53 Å². The molecule has 0 radical (unpaired) electrons. The number of hydrogen-bond acceptors (Lipinski definition) is 5. The first-order valence-corrected chi connectivity index (χ1v) is 10.2. The van der Waals surface area contributed by atoms with Gasteiger partial charge in [-0.3, -0.25) is 15.2 Å². The van der Waals surface area contributed by atoms with Crippen molar-refractivity contribution in [3.8, 4) is 11.1 Å². The van der Waals surface area contributed by atoms with Crippen molar-refractivity contribution in [2.24, 2.45) is 0 Å². The monoisotopic (exact) mass is 432 g/mol. The zero-order valence-electron chi connectivity index (χ0n) is 16.9. The minimum Gasteiger partial charge on any atom is -0.480 e. The fourth-order valence-electron chi connectivity index (χ4n) is 4.04. The number of carbonyl (C=O) groups excluding carboxylic acids is 2. The molecule has 162 valence electrons. The van der Waals surface area contributed by atoms with Gasteiger partial charge in [0.05, 0.1) is 0 Å². The van der Waals surface area contributed by atoms with Crippen molar-refractivity contribution < 1.29 is 24.2 Å². The van der Waals surface area contributed by atoms with Crippen LogP contribution in [0.5, 0.6) is 0 Å². The summed E-state index contributed by atoms with van der Waals surface area (Å²) in [5.41, 5.74) is 3.32. The zero-order chi connectivity index (χ0) is 22.3. The lowest BCUT2D eigenvalue weighted by molar-refractivity contribution is -0.140. The van der Waals surface area contributed by atoms with Crippen LogP contribution in [0.2, 0.25) is 0 Å². The molecule has 1 aromatic heterocycles. The molecular formula is C23H20N4O5. The van der Waals surface area contributed by atoms with E-state index < -0.39 is 23.5 Å². The highest BCUT2D eigenvalue weighted by atomic mass is 16.5. The molecule has 32 heavy (non-hydrogen) atoms. The third kappa shape index (κ3) is 3.47. The molecule has 2 amide bonds. The van der Waals surface area contributed by atoms with Gasteiger partial charge in [-0.25, -0.2) is 9.59 Å². The van der Waals surface area contributed by atoms with Gasteiger partial charge in [0.15, 0.2) is 5.82 Å². The van der Waals surface area contributed by atoms with Crippen molar-refractivity contribution in [2.45, 2.75) is 24.3 Å². The van der Waals surface area contributed by atoms with Crippen molar-refractivity contribution >= 4 is 23.8 Å². The average molecular weight is 432 g/mol. The summed E-state index contributed by atoms with van der Waals surface area (Å²) >= 11 is 0. The van der Waals surface area contributed by atoms with E-state index in [2.05, 4.69) is 33.0 Å². The van der Waals surface area contributed by atoms with Crippen molar-refractivity contribution in [2.75, 3.05) is 11.9 Å². The maximum atomic E-state index is 12.3. The van der Waals surface area contributed by atoms with Crippen LogP contribution in [0.15, 0.2) is 54.6 Å². The number of rotatable bonds is 6. The van der Waals surface area contributed by atoms with E-state index in [0.29, 0.717) is 12.8 Å². The molecule has 3 aromatic rings. The molecule has 9 nitrogen and oxygen atoms in total. The van der Waals surface area contributed by atoms with E-state index in [1.807, 2.05) is 36.4 Å². The Kier molecular flexibility index (Phi) is 4.66. The first-order valence-electron chi connectivity index (χ1n) is 10.2. The number of ether oxygens (including phenoxy) is 1. The second kappa shape index (κ2) is 7.52. The summed E-state index contributed by atoms with van der Waals surface area (Å²) in [6.07, 6.45) is 0.0645. The third-order valence-corrected chi connectivity index (χ3v) is 5.91. The number of nitrogens with zero attached hydrogens (tertiary/aromatic N) is 1. The molecular weight excluding hydrogens is 412 g/mol. The first kappa shape index (κ1) is 19.8. The number of amides is 2. The van der Waals surface area contributed by atoms with E-state index in [0.717, 1.165) is 22.3 Å². The summed E-state index contributed by atoms with van der Waals surface area (Å²) in [6.45, 7) is 0.152. The lowest BCUT2D eigenvalue weighted by atomic mass is 9.98. The van der Waals surface area contributed by atoms with Crippen molar-refractivity contribution in [1.82, 2.24) is 15.5 Å². The number of nitrogens with one attached hydrogen (secondary N) is 3. The number of carbonyl (C=O) groups is 3. The Morgan fingerprint density at radius 2 is 1.69 bits per heavy atom. The highest BCUT2D eigenvalue weighted by Gasteiger charge is 2.51. The predicted molar refractivity (Wildman–Crippen MR) is 114 cm³/mol. The number of H-pyrrole nitrogens is 1. The van der Waals surface area contributed by atoms with Gasteiger partial charge in [0.1, 0.15) is 17.8 Å². The van der Waals surface area contributed by atoms with Crippen molar-refractivity contribution in [1.29, 1.82) is 0 Å². The molecule has 2 aliphatic carbocycles. The van der Waals surface area contributed by atoms with Crippen LogP contribution in [-0.4, -0.2) is 45.4 Å². The van der Waals surface area contributed by atoms with Gasteiger partial charge in [0.25, 0.3) is 5.91 Å². The van der Waals surface area contributed by atoms with Gasteiger partial charge in [0.2, 0.25) is 0 Å². The fraction of sp³-hybridized carbons (Fsp3) is 0.217. The average Bonchev–Trinajstić information content (AvgIpc) is 3.31. The molecule has 1 heterocycles. The molecule has 1 fully saturated rings. The number of fused-ring (bicyclic) bond motifs is 3. The fourth-order valence-corrected chi connectivity index (χ4v) is 4.04. The highest BCUT2D eigenvalue weighted by Crippen LogP contribution is 2.44. The SMILES string of the molecule is O=C(Nc1cc(C(=O)NC2(C(=O)O)CC2)[nH]n1)OCC1c2ccccc2-c2ccccc21. The normalized spacial score (nSPS) is 15.4. The topological polar surface area (TPSA) is 133 Å². The van der Waals surface area contributed by atoms with Crippen LogP contribution in [0, 0.1) is 0 Å². The van der Waals surface area contributed by atoms with Crippen molar-refractivity contribution in [3.63, 3.8) is 0 Å². The minimum absolute atomic E-state index is 0.0477. The molecule has 0 aliphatic heterocycles. The minimum atomic E-state index is -1.21. The Hall–Kier alpha value is -4.14. The maximum absolute atomic E-state index is 12.3. The largest absolute Gasteiger partial charge is 0.480 e. The summed E-state index contributed by atoms with van der Waals surface area (Å²) < 4.78 is 5.45. The summed E-state index contributed by atoms with van der Waals surface area (Å²) in [5, 5.41) is 20.5. The molecule has 0 saturated heterocycles. The van der Waals surface area contributed by atoms with Gasteiger partial charge in [-0.15, -0.1) is 0 Å². The van der Waals surface area contributed by atoms with E-state index >= 15 is 0 Å². The smallest absolute Gasteiger partial charge is 0.412 e. The summed E-state index contributed by atoms with van der Waals surface area (Å²) in [5.74, 6) is -1.63. The van der Waals surface area contributed by atoms with Crippen LogP contribution < -0.4 is 10.6 Å². The van der Waals surface area contributed by atoms with Crippen LogP contribution in [0.25, 0.3) is 11.1 Å². The maximum Gasteiger partial charge on any atom is 0.412 e. The predicted octanol–water partition coefficient (Wildman–Crippen LogP) is 3.12. The molecule has 2 aromatic carbocycles. The van der Waals surface area contributed by atoms with E-state index in [1.165, 1.54) is 6.07 Å². The molecule has 0 atom stereocenters. The quantitative estimate of drug-likeness (QED) is 0.473. The van der Waals surface area contributed by atoms with Gasteiger partial charge >= 0.3 is 12.1 Å². The number of hydrogen-bond donors (Lipinski definition) is 4. The number of aromatic nitrogens is 2. The second-order valence-electron chi connectivity index (χ2n) is 7.96. The second-order valence-corrected chi connectivity index (χ2v) is 7.96. The number of benzene rings is 2. The molecule has 2 aliphatic rings. The van der Waals surface area contributed by atoms with Gasteiger partial charge in [-0.2, -0.15) is 5.10 Å². The number of carboxylic acids is 1. The van der Waals surface area contributed by atoms with Gasteiger partial charge < -0.3 is 15.2 Å². The van der Waals surface area contributed by atoms with Crippen LogP contribution in [0.4, 0.5) is 10.6 Å². The van der Waals surface area contributed by atoms with E-state index in [4.69, 9.17) is 4.74 Å². The van der Waals surface area contributed by atoms with Gasteiger partial charge in [-0.1, -0.05) is 48.5 Å². The zero-order valence-corrected chi connectivity index (χ0v) is 16.9. The Balaban J connectivity index is 1.21. The Morgan fingerprint density at radius 1 is 1.06 bits per heavy atom. The van der Waals surface area contributed by atoms with Crippen LogP contribution in [0.1, 0.15) is 40.4 Å². The number of anilines is 1. The highest BCUT2D eigenvalue weighted by molar-refractivity contribution is 5.98. The molecule has 5 rings (SSSR count). The number of carboxylic acid groups (broad SMARTS) is 1.